The van der Waals surface area contributed by atoms with Crippen LogP contribution in [0.15, 0.2) is 18.2 Å². The van der Waals surface area contributed by atoms with Crippen molar-refractivity contribution in [2.45, 2.75) is 45.3 Å². The number of nitrogens with one attached hydrogen (secondary N) is 1. The molecule has 0 radical (unpaired) electrons. The summed E-state index contributed by atoms with van der Waals surface area (Å²) in [4.78, 5) is 0. The number of hydrogen-bond acceptors (Lipinski definition) is 3. The largest absolute Gasteiger partial charge is 0.314 e. The summed E-state index contributed by atoms with van der Waals surface area (Å²) in [7, 11) is 0. The summed E-state index contributed by atoms with van der Waals surface area (Å²) in [5, 5.41) is 12.1. The van der Waals surface area contributed by atoms with Crippen LogP contribution in [-0.4, -0.2) is 14.8 Å². The molecule has 0 aliphatic carbocycles. The molecule has 0 fully saturated rings. The molecule has 1 aliphatic heterocycles. The second-order valence-corrected chi connectivity index (χ2v) is 5.92. The summed E-state index contributed by atoms with van der Waals surface area (Å²) in [5.74, 6) is 1.63. The normalized spacial score (nSPS) is 16.8. The van der Waals surface area contributed by atoms with Crippen molar-refractivity contribution in [1.82, 2.24) is 20.1 Å². The van der Waals surface area contributed by atoms with Crippen molar-refractivity contribution in [2.24, 2.45) is 0 Å². The van der Waals surface area contributed by atoms with Crippen LogP contribution >= 0.6 is 11.6 Å². The molecular weight excluding hydrogens is 291 g/mol. The average molecular weight is 309 g/mol. The summed E-state index contributed by atoms with van der Waals surface area (Å²) in [5.41, 5.74) is 0.953. The Hall–Kier alpha value is -1.46. The average Bonchev–Trinajstić information content (AvgIpc) is 3.04. The molecule has 1 aliphatic rings. The third kappa shape index (κ3) is 2.80. The van der Waals surface area contributed by atoms with Gasteiger partial charge in [-0.15, -0.1) is 10.2 Å². The number of aromatic nitrogens is 3. The monoisotopic (exact) mass is 308 g/mol. The predicted molar refractivity (Wildman–Crippen MR) is 79.7 cm³/mol. The van der Waals surface area contributed by atoms with E-state index in [4.69, 9.17) is 11.6 Å². The first kappa shape index (κ1) is 14.5. The molecule has 2 heterocycles. The van der Waals surface area contributed by atoms with Gasteiger partial charge in [0.25, 0.3) is 0 Å². The third-order valence-corrected chi connectivity index (χ3v) is 4.26. The lowest BCUT2D eigenvalue weighted by Crippen LogP contribution is -2.25. The lowest BCUT2D eigenvalue weighted by atomic mass is 10.1. The Labute approximate surface area is 128 Å². The minimum Gasteiger partial charge on any atom is -0.314 e. The van der Waals surface area contributed by atoms with Crippen LogP contribution in [0.5, 0.6) is 0 Å². The molecule has 2 unspecified atom stereocenters. The Kier molecular flexibility index (Phi) is 3.95. The number of halogens is 2. The Morgan fingerprint density at radius 2 is 2.10 bits per heavy atom. The zero-order valence-electron chi connectivity index (χ0n) is 12.1. The number of aryl methyl sites for hydroxylation is 1. The van der Waals surface area contributed by atoms with Gasteiger partial charge in [0.1, 0.15) is 17.5 Å². The molecule has 0 bridgehead atoms. The van der Waals surface area contributed by atoms with Crippen LogP contribution in [-0.2, 0) is 13.0 Å². The van der Waals surface area contributed by atoms with Crippen LogP contribution < -0.4 is 5.32 Å². The van der Waals surface area contributed by atoms with Gasteiger partial charge in [0.05, 0.1) is 11.1 Å². The molecule has 3 rings (SSSR count). The van der Waals surface area contributed by atoms with Gasteiger partial charge in [0.15, 0.2) is 0 Å². The topological polar surface area (TPSA) is 42.7 Å². The fraction of sp³-hybridized carbons (Fsp3) is 0.467. The van der Waals surface area contributed by atoms with Crippen molar-refractivity contribution in [2.75, 3.05) is 0 Å². The second-order valence-electron chi connectivity index (χ2n) is 5.51. The Morgan fingerprint density at radius 3 is 2.86 bits per heavy atom. The van der Waals surface area contributed by atoms with Gasteiger partial charge in [-0.1, -0.05) is 17.7 Å². The molecule has 112 valence electrons. The summed E-state index contributed by atoms with van der Waals surface area (Å²) in [6.45, 7) is 5.08. The lowest BCUT2D eigenvalue weighted by Gasteiger charge is -2.20. The van der Waals surface area contributed by atoms with Crippen molar-refractivity contribution in [3.8, 4) is 0 Å². The zero-order chi connectivity index (χ0) is 15.0. The van der Waals surface area contributed by atoms with E-state index in [1.165, 1.54) is 6.07 Å². The van der Waals surface area contributed by atoms with Gasteiger partial charge < -0.3 is 9.88 Å². The van der Waals surface area contributed by atoms with Gasteiger partial charge in [-0.3, -0.25) is 0 Å². The van der Waals surface area contributed by atoms with E-state index in [0.29, 0.717) is 0 Å². The van der Waals surface area contributed by atoms with E-state index in [9.17, 15) is 4.39 Å². The van der Waals surface area contributed by atoms with Gasteiger partial charge >= 0.3 is 0 Å². The molecule has 2 atom stereocenters. The second kappa shape index (κ2) is 5.73. The highest BCUT2D eigenvalue weighted by atomic mass is 35.5. The molecule has 4 nitrogen and oxygen atoms in total. The molecule has 6 heteroatoms. The Bertz CT molecular complexity index is 655. The van der Waals surface area contributed by atoms with E-state index in [-0.39, 0.29) is 17.1 Å². The molecule has 0 spiro atoms. The summed E-state index contributed by atoms with van der Waals surface area (Å²) >= 11 is 5.84. The predicted octanol–water partition coefficient (Wildman–Crippen LogP) is 3.43. The van der Waals surface area contributed by atoms with E-state index in [0.717, 1.165) is 36.6 Å². The highest BCUT2D eigenvalue weighted by Gasteiger charge is 2.22. The fourth-order valence-corrected chi connectivity index (χ4v) is 3.01. The molecule has 1 N–H and O–H groups in total. The Balaban J connectivity index is 1.74. The number of benzene rings is 1. The van der Waals surface area contributed by atoms with Crippen LogP contribution in [0.25, 0.3) is 0 Å². The summed E-state index contributed by atoms with van der Waals surface area (Å²) in [6.07, 6.45) is 2.14. The number of fused-ring (bicyclic) bond motifs is 1. The van der Waals surface area contributed by atoms with Gasteiger partial charge in [-0.2, -0.15) is 0 Å². The third-order valence-electron chi connectivity index (χ3n) is 3.97. The molecule has 0 saturated heterocycles. The van der Waals surface area contributed by atoms with Crippen molar-refractivity contribution in [3.05, 3.63) is 46.3 Å². The van der Waals surface area contributed by atoms with Crippen molar-refractivity contribution >= 4 is 11.6 Å². The van der Waals surface area contributed by atoms with Gasteiger partial charge in [-0.25, -0.2) is 4.39 Å². The molecule has 1 aromatic carbocycles. The first-order valence-electron chi connectivity index (χ1n) is 7.19. The summed E-state index contributed by atoms with van der Waals surface area (Å²) < 4.78 is 15.4. The van der Waals surface area contributed by atoms with Gasteiger partial charge in [0, 0.05) is 19.0 Å². The number of rotatable bonds is 4. The standard InChI is InChI=1S/C15H18ClFN4/c1-9(11-5-6-13(17)12(16)8-11)18-10(2)15-20-19-14-4-3-7-21(14)15/h5-6,8-10,18H,3-4,7H2,1-2H3. The van der Waals surface area contributed by atoms with Crippen molar-refractivity contribution in [3.63, 3.8) is 0 Å². The van der Waals surface area contributed by atoms with Crippen LogP contribution in [0.1, 0.15) is 49.6 Å². The maximum Gasteiger partial charge on any atom is 0.149 e. The first-order chi connectivity index (χ1) is 10.1. The van der Waals surface area contributed by atoms with Crippen LogP contribution in [0.2, 0.25) is 5.02 Å². The minimum atomic E-state index is -0.393. The van der Waals surface area contributed by atoms with E-state index >= 15 is 0 Å². The van der Waals surface area contributed by atoms with E-state index in [2.05, 4.69) is 27.0 Å². The highest BCUT2D eigenvalue weighted by molar-refractivity contribution is 6.30. The molecular formula is C15H18ClFN4. The highest BCUT2D eigenvalue weighted by Crippen LogP contribution is 2.24. The van der Waals surface area contributed by atoms with Gasteiger partial charge in [0.2, 0.25) is 0 Å². The zero-order valence-corrected chi connectivity index (χ0v) is 12.9. The van der Waals surface area contributed by atoms with E-state index in [1.807, 2.05) is 6.92 Å². The lowest BCUT2D eigenvalue weighted by molar-refractivity contribution is 0.459. The Morgan fingerprint density at radius 1 is 1.29 bits per heavy atom. The molecule has 21 heavy (non-hydrogen) atoms. The molecule has 2 aromatic rings. The fourth-order valence-electron chi connectivity index (χ4n) is 2.82. The maximum atomic E-state index is 13.2. The van der Waals surface area contributed by atoms with E-state index < -0.39 is 5.82 Å². The first-order valence-corrected chi connectivity index (χ1v) is 7.57. The quantitative estimate of drug-likeness (QED) is 0.941. The minimum absolute atomic E-state index is 0.0486. The molecule has 0 amide bonds. The van der Waals surface area contributed by atoms with E-state index in [1.54, 1.807) is 12.1 Å². The van der Waals surface area contributed by atoms with Crippen molar-refractivity contribution < 1.29 is 4.39 Å². The maximum absolute atomic E-state index is 13.2. The van der Waals surface area contributed by atoms with Crippen LogP contribution in [0, 0.1) is 5.82 Å². The van der Waals surface area contributed by atoms with Gasteiger partial charge in [-0.05, 0) is 38.0 Å². The van der Waals surface area contributed by atoms with Crippen LogP contribution in [0.3, 0.4) is 0 Å². The number of hydrogen-bond donors (Lipinski definition) is 1. The number of nitrogens with zero attached hydrogens (tertiary/aromatic N) is 3. The molecule has 0 saturated carbocycles. The SMILES string of the molecule is CC(NC(C)c1nnc2n1CCC2)c1ccc(F)c(Cl)c1. The molecule has 1 aromatic heterocycles. The van der Waals surface area contributed by atoms with Crippen molar-refractivity contribution in [1.29, 1.82) is 0 Å². The van der Waals surface area contributed by atoms with Crippen LogP contribution in [0.4, 0.5) is 4.39 Å². The summed E-state index contributed by atoms with van der Waals surface area (Å²) in [6, 6.07) is 4.93. The smallest absolute Gasteiger partial charge is 0.149 e.